The Balaban J connectivity index is 2.22. The summed E-state index contributed by atoms with van der Waals surface area (Å²) in [6.45, 7) is 6.08. The lowest BCUT2D eigenvalue weighted by Crippen LogP contribution is -2.43. The molecule has 0 aliphatic carbocycles. The average Bonchev–Trinajstić information content (AvgIpc) is 2.41. The maximum absolute atomic E-state index is 10.0. The number of benzene rings is 1. The van der Waals surface area contributed by atoms with Gasteiger partial charge in [0.2, 0.25) is 0 Å². The van der Waals surface area contributed by atoms with Crippen molar-refractivity contribution < 1.29 is 5.11 Å². The van der Waals surface area contributed by atoms with Crippen LogP contribution in [0.3, 0.4) is 0 Å². The standard InChI is InChI=1S/C15H24N2O/c1-11-8-9-17(10-15(11)18)14-7-5-4-6-13(14)12(2)16-3/h4-7,11-12,15-16,18H,8-10H2,1-3H3. The number of nitrogens with one attached hydrogen (secondary N) is 1. The molecule has 0 saturated carbocycles. The summed E-state index contributed by atoms with van der Waals surface area (Å²) in [5.41, 5.74) is 2.56. The monoisotopic (exact) mass is 248 g/mol. The molecular formula is C15H24N2O. The third kappa shape index (κ3) is 2.68. The molecular weight excluding hydrogens is 224 g/mol. The fourth-order valence-electron chi connectivity index (χ4n) is 2.56. The van der Waals surface area contributed by atoms with Crippen LogP contribution < -0.4 is 10.2 Å². The third-order valence-electron chi connectivity index (χ3n) is 4.10. The summed E-state index contributed by atoms with van der Waals surface area (Å²) in [5, 5.41) is 13.3. The number of rotatable bonds is 3. The van der Waals surface area contributed by atoms with Gasteiger partial charge in [-0.25, -0.2) is 0 Å². The van der Waals surface area contributed by atoms with E-state index in [0.717, 1.165) is 19.5 Å². The summed E-state index contributed by atoms with van der Waals surface area (Å²) in [6.07, 6.45) is 0.848. The molecule has 1 fully saturated rings. The van der Waals surface area contributed by atoms with Crippen molar-refractivity contribution in [1.82, 2.24) is 5.32 Å². The second-order valence-electron chi connectivity index (χ2n) is 5.35. The number of hydrogen-bond donors (Lipinski definition) is 2. The lowest BCUT2D eigenvalue weighted by atomic mass is 9.94. The number of nitrogens with zero attached hydrogens (tertiary/aromatic N) is 1. The lowest BCUT2D eigenvalue weighted by Gasteiger charge is -2.37. The molecule has 1 aliphatic rings. The van der Waals surface area contributed by atoms with Gasteiger partial charge in [-0.2, -0.15) is 0 Å². The first-order chi connectivity index (χ1) is 8.63. The smallest absolute Gasteiger partial charge is 0.0741 e. The molecule has 3 atom stereocenters. The topological polar surface area (TPSA) is 35.5 Å². The fourth-order valence-corrected chi connectivity index (χ4v) is 2.56. The van der Waals surface area contributed by atoms with E-state index < -0.39 is 0 Å². The van der Waals surface area contributed by atoms with E-state index in [-0.39, 0.29) is 6.10 Å². The van der Waals surface area contributed by atoms with Crippen LogP contribution in [-0.4, -0.2) is 31.3 Å². The van der Waals surface area contributed by atoms with Gasteiger partial charge in [0.05, 0.1) is 6.10 Å². The zero-order valence-electron chi connectivity index (χ0n) is 11.6. The van der Waals surface area contributed by atoms with Crippen LogP contribution in [0.5, 0.6) is 0 Å². The summed E-state index contributed by atoms with van der Waals surface area (Å²) in [7, 11) is 1.98. The SMILES string of the molecule is CNC(C)c1ccccc1N1CCC(C)C(O)C1. The summed E-state index contributed by atoms with van der Waals surface area (Å²) in [6, 6.07) is 8.81. The van der Waals surface area contributed by atoms with Crippen molar-refractivity contribution >= 4 is 5.69 Å². The van der Waals surface area contributed by atoms with Gasteiger partial charge >= 0.3 is 0 Å². The second-order valence-corrected chi connectivity index (χ2v) is 5.35. The molecule has 1 saturated heterocycles. The van der Waals surface area contributed by atoms with Crippen molar-refractivity contribution in [3.63, 3.8) is 0 Å². The van der Waals surface area contributed by atoms with Gasteiger partial charge in [0.1, 0.15) is 0 Å². The minimum atomic E-state index is -0.211. The van der Waals surface area contributed by atoms with Crippen LogP contribution in [0.2, 0.25) is 0 Å². The molecule has 3 unspecified atom stereocenters. The largest absolute Gasteiger partial charge is 0.391 e. The Bertz CT molecular complexity index is 394. The van der Waals surface area contributed by atoms with E-state index in [0.29, 0.717) is 12.0 Å². The summed E-state index contributed by atoms with van der Waals surface area (Å²) >= 11 is 0. The van der Waals surface area contributed by atoms with Crippen molar-refractivity contribution in [2.75, 3.05) is 25.0 Å². The number of β-amino-alcohol motifs (C(OH)–C–C–N with tert-alkyl or cyclic N) is 1. The summed E-state index contributed by atoms with van der Waals surface area (Å²) in [5.74, 6) is 0.412. The van der Waals surface area contributed by atoms with E-state index in [4.69, 9.17) is 0 Å². The van der Waals surface area contributed by atoms with Crippen molar-refractivity contribution in [1.29, 1.82) is 0 Å². The number of hydrogen-bond acceptors (Lipinski definition) is 3. The molecule has 0 bridgehead atoms. The zero-order chi connectivity index (χ0) is 13.1. The van der Waals surface area contributed by atoms with Gasteiger partial charge in [-0.15, -0.1) is 0 Å². The molecule has 0 radical (unpaired) electrons. The Morgan fingerprint density at radius 3 is 2.78 bits per heavy atom. The van der Waals surface area contributed by atoms with Gasteiger partial charge in [-0.3, -0.25) is 0 Å². The van der Waals surface area contributed by atoms with Gasteiger partial charge in [0, 0.05) is 24.8 Å². The molecule has 0 aromatic heterocycles. The number of aliphatic hydroxyl groups excluding tert-OH is 1. The Morgan fingerprint density at radius 2 is 2.11 bits per heavy atom. The van der Waals surface area contributed by atoms with Gasteiger partial charge < -0.3 is 15.3 Å². The molecule has 3 heteroatoms. The highest BCUT2D eigenvalue weighted by atomic mass is 16.3. The number of aliphatic hydroxyl groups is 1. The van der Waals surface area contributed by atoms with Crippen molar-refractivity contribution in [2.45, 2.75) is 32.4 Å². The summed E-state index contributed by atoms with van der Waals surface area (Å²) in [4.78, 5) is 2.31. The van der Waals surface area contributed by atoms with Crippen molar-refractivity contribution in [3.8, 4) is 0 Å². The highest BCUT2D eigenvalue weighted by Gasteiger charge is 2.25. The maximum atomic E-state index is 10.0. The molecule has 1 aromatic rings. The van der Waals surface area contributed by atoms with Gasteiger partial charge in [-0.1, -0.05) is 25.1 Å². The number of para-hydroxylation sites is 1. The van der Waals surface area contributed by atoms with E-state index in [1.807, 2.05) is 7.05 Å². The number of piperidine rings is 1. The summed E-state index contributed by atoms with van der Waals surface area (Å²) < 4.78 is 0. The first-order valence-corrected chi connectivity index (χ1v) is 6.82. The van der Waals surface area contributed by atoms with Crippen LogP contribution in [0.15, 0.2) is 24.3 Å². The third-order valence-corrected chi connectivity index (χ3v) is 4.10. The van der Waals surface area contributed by atoms with Gasteiger partial charge in [-0.05, 0) is 37.9 Å². The van der Waals surface area contributed by atoms with Crippen LogP contribution in [0.4, 0.5) is 5.69 Å². The van der Waals surface area contributed by atoms with Crippen LogP contribution >= 0.6 is 0 Å². The highest BCUT2D eigenvalue weighted by molar-refractivity contribution is 5.55. The quantitative estimate of drug-likeness (QED) is 0.860. The fraction of sp³-hybridized carbons (Fsp3) is 0.600. The van der Waals surface area contributed by atoms with Crippen molar-refractivity contribution in [3.05, 3.63) is 29.8 Å². The zero-order valence-corrected chi connectivity index (χ0v) is 11.6. The predicted octanol–water partition coefficient (Wildman–Crippen LogP) is 2.17. The maximum Gasteiger partial charge on any atom is 0.0741 e. The highest BCUT2D eigenvalue weighted by Crippen LogP contribution is 2.29. The van der Waals surface area contributed by atoms with Crippen LogP contribution in [0, 0.1) is 5.92 Å². The number of anilines is 1. The molecule has 18 heavy (non-hydrogen) atoms. The molecule has 1 aliphatic heterocycles. The van der Waals surface area contributed by atoms with E-state index in [2.05, 4.69) is 48.3 Å². The molecule has 100 valence electrons. The van der Waals surface area contributed by atoms with E-state index in [1.165, 1.54) is 11.3 Å². The Labute approximate surface area is 110 Å². The Kier molecular flexibility index (Phi) is 4.25. The lowest BCUT2D eigenvalue weighted by molar-refractivity contribution is 0.103. The van der Waals surface area contributed by atoms with E-state index in [9.17, 15) is 5.11 Å². The molecule has 0 spiro atoms. The molecule has 3 nitrogen and oxygen atoms in total. The Hall–Kier alpha value is -1.06. The molecule has 0 amide bonds. The van der Waals surface area contributed by atoms with Crippen LogP contribution in [0.1, 0.15) is 31.9 Å². The minimum absolute atomic E-state index is 0.211. The molecule has 2 N–H and O–H groups in total. The van der Waals surface area contributed by atoms with Crippen LogP contribution in [-0.2, 0) is 0 Å². The van der Waals surface area contributed by atoms with E-state index >= 15 is 0 Å². The molecule has 2 rings (SSSR count). The molecule has 1 heterocycles. The second kappa shape index (κ2) is 5.72. The predicted molar refractivity (Wildman–Crippen MR) is 75.9 cm³/mol. The Morgan fingerprint density at radius 1 is 1.39 bits per heavy atom. The van der Waals surface area contributed by atoms with Crippen LogP contribution in [0.25, 0.3) is 0 Å². The average molecular weight is 248 g/mol. The van der Waals surface area contributed by atoms with Gasteiger partial charge in [0.15, 0.2) is 0 Å². The first-order valence-electron chi connectivity index (χ1n) is 6.82. The van der Waals surface area contributed by atoms with Gasteiger partial charge in [0.25, 0.3) is 0 Å². The van der Waals surface area contributed by atoms with Crippen molar-refractivity contribution in [2.24, 2.45) is 5.92 Å². The van der Waals surface area contributed by atoms with E-state index in [1.54, 1.807) is 0 Å². The first kappa shape index (κ1) is 13.4. The molecule has 1 aromatic carbocycles. The minimum Gasteiger partial charge on any atom is -0.391 e. The normalized spacial score (nSPS) is 26.1.